The molecule has 1 saturated heterocycles. The van der Waals surface area contributed by atoms with E-state index in [4.69, 9.17) is 0 Å². The Hall–Kier alpha value is -1.75. The zero-order chi connectivity index (χ0) is 12.6. The lowest BCUT2D eigenvalue weighted by Gasteiger charge is -2.19. The molecular weight excluding hydrogens is 222 g/mol. The highest BCUT2D eigenvalue weighted by Gasteiger charge is 2.35. The van der Waals surface area contributed by atoms with E-state index in [1.54, 1.807) is 6.92 Å². The number of nitrogens with zero attached hydrogens (tertiary/aromatic N) is 1. The first-order chi connectivity index (χ1) is 7.89. The summed E-state index contributed by atoms with van der Waals surface area (Å²) in [5, 5.41) is 28.7. The van der Waals surface area contributed by atoms with E-state index in [1.165, 1.54) is 23.1 Å². The number of rotatable bonds is 1. The van der Waals surface area contributed by atoms with E-state index >= 15 is 0 Å². The molecule has 1 atom stereocenters. The molecule has 5 heteroatoms. The first-order valence-electron chi connectivity index (χ1n) is 5.43. The van der Waals surface area contributed by atoms with Gasteiger partial charge in [0.2, 0.25) is 0 Å². The van der Waals surface area contributed by atoms with E-state index in [9.17, 15) is 20.1 Å². The third kappa shape index (κ3) is 2.34. The summed E-state index contributed by atoms with van der Waals surface area (Å²) in [5.74, 6) is -0.618. The van der Waals surface area contributed by atoms with Gasteiger partial charge in [-0.15, -0.1) is 0 Å². The van der Waals surface area contributed by atoms with Crippen LogP contribution in [0.1, 0.15) is 23.7 Å². The number of likely N-dealkylation sites (tertiary alicyclic amines) is 1. The largest absolute Gasteiger partial charge is 0.508 e. The minimum atomic E-state index is -0.873. The minimum Gasteiger partial charge on any atom is -0.508 e. The Morgan fingerprint density at radius 1 is 1.41 bits per heavy atom. The van der Waals surface area contributed by atoms with Gasteiger partial charge in [-0.25, -0.2) is 0 Å². The molecule has 0 radical (unpaired) electrons. The lowest BCUT2D eigenvalue weighted by Crippen LogP contribution is -2.33. The van der Waals surface area contributed by atoms with Gasteiger partial charge in [0.25, 0.3) is 5.91 Å². The number of carbonyl (C=O) groups excluding carboxylic acids is 1. The van der Waals surface area contributed by atoms with E-state index < -0.39 is 5.60 Å². The van der Waals surface area contributed by atoms with Crippen LogP contribution >= 0.6 is 0 Å². The second-order valence-electron chi connectivity index (χ2n) is 4.68. The van der Waals surface area contributed by atoms with E-state index in [1.807, 2.05) is 0 Å². The third-order valence-electron chi connectivity index (χ3n) is 2.95. The number of hydrogen-bond donors (Lipinski definition) is 3. The predicted molar refractivity (Wildman–Crippen MR) is 60.9 cm³/mol. The lowest BCUT2D eigenvalue weighted by molar-refractivity contribution is 0.0570. The summed E-state index contributed by atoms with van der Waals surface area (Å²) in [4.78, 5) is 13.5. The van der Waals surface area contributed by atoms with Crippen molar-refractivity contribution in [1.29, 1.82) is 0 Å². The molecule has 0 bridgehead atoms. The first-order valence-corrected chi connectivity index (χ1v) is 5.43. The third-order valence-corrected chi connectivity index (χ3v) is 2.95. The Kier molecular flexibility index (Phi) is 2.71. The second kappa shape index (κ2) is 3.92. The van der Waals surface area contributed by atoms with Crippen molar-refractivity contribution in [3.63, 3.8) is 0 Å². The predicted octanol–water partition coefficient (Wildman–Crippen LogP) is 0.695. The quantitative estimate of drug-likeness (QED) is 0.628. The van der Waals surface area contributed by atoms with Gasteiger partial charge in [0.05, 0.1) is 11.2 Å². The van der Waals surface area contributed by atoms with Gasteiger partial charge in [-0.05, 0) is 31.5 Å². The summed E-state index contributed by atoms with van der Waals surface area (Å²) in [6.45, 7) is 2.35. The van der Waals surface area contributed by atoms with Crippen molar-refractivity contribution in [2.24, 2.45) is 0 Å². The molecule has 1 aromatic carbocycles. The number of hydrogen-bond acceptors (Lipinski definition) is 4. The zero-order valence-corrected chi connectivity index (χ0v) is 9.55. The van der Waals surface area contributed by atoms with Gasteiger partial charge < -0.3 is 20.2 Å². The minimum absolute atomic E-state index is 0.0581. The van der Waals surface area contributed by atoms with Gasteiger partial charge in [-0.3, -0.25) is 4.79 Å². The molecule has 0 spiro atoms. The lowest BCUT2D eigenvalue weighted by atomic mass is 10.1. The molecule has 1 aliphatic heterocycles. The summed E-state index contributed by atoms with van der Waals surface area (Å²) in [6, 6.07) is 3.81. The molecule has 92 valence electrons. The number of aromatic hydroxyl groups is 2. The van der Waals surface area contributed by atoms with Crippen molar-refractivity contribution in [1.82, 2.24) is 4.90 Å². The number of β-amino-alcohol motifs (C(OH)–C–C–N with tert-alkyl or cyclic N) is 1. The number of phenols is 2. The number of amides is 1. The van der Waals surface area contributed by atoms with Crippen molar-refractivity contribution >= 4 is 5.91 Å². The number of aliphatic hydroxyl groups is 1. The van der Waals surface area contributed by atoms with Crippen LogP contribution in [0.4, 0.5) is 0 Å². The summed E-state index contributed by atoms with van der Waals surface area (Å²) in [5.41, 5.74) is -0.815. The van der Waals surface area contributed by atoms with Crippen LogP contribution in [0, 0.1) is 0 Å². The Morgan fingerprint density at radius 2 is 2.12 bits per heavy atom. The summed E-state index contributed by atoms with van der Waals surface area (Å²) in [6.07, 6.45) is 0.512. The van der Waals surface area contributed by atoms with Crippen molar-refractivity contribution in [2.75, 3.05) is 13.1 Å². The molecule has 0 aliphatic carbocycles. The topological polar surface area (TPSA) is 81.0 Å². The fourth-order valence-electron chi connectivity index (χ4n) is 1.98. The maximum Gasteiger partial charge on any atom is 0.257 e. The molecule has 1 unspecified atom stereocenters. The van der Waals surface area contributed by atoms with E-state index in [0.717, 1.165) is 0 Å². The van der Waals surface area contributed by atoms with Gasteiger partial charge in [-0.1, -0.05) is 0 Å². The van der Waals surface area contributed by atoms with Crippen LogP contribution < -0.4 is 0 Å². The molecule has 2 rings (SSSR count). The average molecular weight is 237 g/mol. The van der Waals surface area contributed by atoms with E-state index in [-0.39, 0.29) is 29.5 Å². The van der Waals surface area contributed by atoms with Crippen molar-refractivity contribution in [3.8, 4) is 11.5 Å². The van der Waals surface area contributed by atoms with Gasteiger partial charge in [0.1, 0.15) is 11.5 Å². The molecule has 0 saturated carbocycles. The molecule has 5 nitrogen and oxygen atoms in total. The van der Waals surface area contributed by atoms with Crippen LogP contribution in [0.15, 0.2) is 18.2 Å². The molecule has 1 aromatic rings. The van der Waals surface area contributed by atoms with Crippen LogP contribution in [0.5, 0.6) is 11.5 Å². The SMILES string of the molecule is CC1(O)CCN(C(=O)c2cc(O)ccc2O)C1. The fourth-order valence-corrected chi connectivity index (χ4v) is 1.98. The van der Waals surface area contributed by atoms with Crippen molar-refractivity contribution < 1.29 is 20.1 Å². The smallest absolute Gasteiger partial charge is 0.257 e. The number of phenolic OH excluding ortho intramolecular Hbond substituents is 2. The standard InChI is InChI=1S/C12H15NO4/c1-12(17)4-5-13(7-12)11(16)9-6-8(14)2-3-10(9)15/h2-3,6,14-15,17H,4-5,7H2,1H3. The summed E-state index contributed by atoms with van der Waals surface area (Å²) >= 11 is 0. The van der Waals surface area contributed by atoms with Crippen LogP contribution in [0.3, 0.4) is 0 Å². The molecule has 17 heavy (non-hydrogen) atoms. The Bertz CT molecular complexity index is 456. The highest BCUT2D eigenvalue weighted by Crippen LogP contribution is 2.27. The summed E-state index contributed by atoms with van der Waals surface area (Å²) < 4.78 is 0. The number of carbonyl (C=O) groups is 1. The van der Waals surface area contributed by atoms with Crippen LogP contribution in [0.25, 0.3) is 0 Å². The second-order valence-corrected chi connectivity index (χ2v) is 4.68. The van der Waals surface area contributed by atoms with Gasteiger partial charge >= 0.3 is 0 Å². The fraction of sp³-hybridized carbons (Fsp3) is 0.417. The highest BCUT2D eigenvalue weighted by molar-refractivity contribution is 5.97. The Labute approximate surface area is 98.9 Å². The molecule has 1 aliphatic rings. The molecule has 3 N–H and O–H groups in total. The van der Waals surface area contributed by atoms with Crippen LogP contribution in [-0.2, 0) is 0 Å². The number of benzene rings is 1. The maximum atomic E-state index is 12.1. The normalized spacial score (nSPS) is 24.0. The van der Waals surface area contributed by atoms with E-state index in [0.29, 0.717) is 13.0 Å². The average Bonchev–Trinajstić information content (AvgIpc) is 2.61. The monoisotopic (exact) mass is 237 g/mol. The molecule has 0 aromatic heterocycles. The summed E-state index contributed by atoms with van der Waals surface area (Å²) in [7, 11) is 0. The van der Waals surface area contributed by atoms with Gasteiger partial charge in [0, 0.05) is 13.1 Å². The first kappa shape index (κ1) is 11.7. The van der Waals surface area contributed by atoms with Crippen molar-refractivity contribution in [3.05, 3.63) is 23.8 Å². The van der Waals surface area contributed by atoms with Crippen LogP contribution in [0.2, 0.25) is 0 Å². The van der Waals surface area contributed by atoms with Crippen LogP contribution in [-0.4, -0.2) is 44.8 Å². The van der Waals surface area contributed by atoms with Gasteiger partial charge in [-0.2, -0.15) is 0 Å². The molecule has 1 fully saturated rings. The molecule has 1 heterocycles. The zero-order valence-electron chi connectivity index (χ0n) is 9.55. The molecular formula is C12H15NO4. The molecule has 1 amide bonds. The van der Waals surface area contributed by atoms with Gasteiger partial charge in [0.15, 0.2) is 0 Å². The Balaban J connectivity index is 2.23. The van der Waals surface area contributed by atoms with Crippen molar-refractivity contribution in [2.45, 2.75) is 18.9 Å². The Morgan fingerprint density at radius 3 is 2.71 bits per heavy atom. The highest BCUT2D eigenvalue weighted by atomic mass is 16.3. The maximum absolute atomic E-state index is 12.1. The van der Waals surface area contributed by atoms with E-state index in [2.05, 4.69) is 0 Å².